The van der Waals surface area contributed by atoms with Gasteiger partial charge in [0, 0.05) is 15.7 Å². The first-order valence-electron chi connectivity index (χ1n) is 5.69. The highest BCUT2D eigenvalue weighted by atomic mass is 79.9. The van der Waals surface area contributed by atoms with E-state index in [9.17, 15) is 4.79 Å². The molecular weight excluding hydrogens is 306 g/mol. The van der Waals surface area contributed by atoms with Gasteiger partial charge in [-0.3, -0.25) is 4.79 Å². The van der Waals surface area contributed by atoms with Crippen LogP contribution in [0.3, 0.4) is 0 Å². The van der Waals surface area contributed by atoms with Crippen LogP contribution in [0.1, 0.15) is 15.9 Å². The average Bonchev–Trinajstić information content (AvgIpc) is 2.30. The number of halogens is 1. The van der Waals surface area contributed by atoms with Gasteiger partial charge in [-0.15, -0.1) is 0 Å². The van der Waals surface area contributed by atoms with Gasteiger partial charge in [0.05, 0.1) is 11.4 Å². The topological polar surface area (TPSA) is 81.1 Å². The minimum absolute atomic E-state index is 0.420. The molecule has 2 aromatic rings. The standard InChI is InChI=1S/C14H14BrN3O/c1-8-4-10(15)7-11(5-8)18-13-6-9(14(17)19)2-3-12(13)16/h2-7,18H,16H2,1H3,(H2,17,19). The van der Waals surface area contributed by atoms with Crippen molar-refractivity contribution in [2.24, 2.45) is 5.73 Å². The van der Waals surface area contributed by atoms with Crippen LogP contribution in [0.25, 0.3) is 0 Å². The number of aryl methyl sites for hydroxylation is 1. The molecule has 2 aromatic carbocycles. The second-order valence-electron chi connectivity index (χ2n) is 4.31. The van der Waals surface area contributed by atoms with E-state index in [1.165, 1.54) is 0 Å². The van der Waals surface area contributed by atoms with Crippen molar-refractivity contribution in [2.45, 2.75) is 6.92 Å². The number of benzene rings is 2. The number of nitrogens with two attached hydrogens (primary N) is 2. The number of carbonyl (C=O) groups is 1. The molecule has 4 nitrogen and oxygen atoms in total. The van der Waals surface area contributed by atoms with Crippen LogP contribution in [0.15, 0.2) is 40.9 Å². The lowest BCUT2D eigenvalue weighted by Gasteiger charge is -2.11. The van der Waals surface area contributed by atoms with Crippen molar-refractivity contribution in [3.8, 4) is 0 Å². The third-order valence-corrected chi connectivity index (χ3v) is 3.12. The minimum atomic E-state index is -0.478. The summed E-state index contributed by atoms with van der Waals surface area (Å²) in [7, 11) is 0. The summed E-state index contributed by atoms with van der Waals surface area (Å²) in [4.78, 5) is 11.2. The first-order valence-corrected chi connectivity index (χ1v) is 6.48. The zero-order valence-corrected chi connectivity index (χ0v) is 12.0. The van der Waals surface area contributed by atoms with E-state index in [1.807, 2.05) is 25.1 Å². The lowest BCUT2D eigenvalue weighted by atomic mass is 10.1. The van der Waals surface area contributed by atoms with Gasteiger partial charge in [-0.25, -0.2) is 0 Å². The Morgan fingerprint density at radius 2 is 1.95 bits per heavy atom. The molecule has 19 heavy (non-hydrogen) atoms. The Morgan fingerprint density at radius 1 is 1.21 bits per heavy atom. The van der Waals surface area contributed by atoms with Crippen molar-refractivity contribution in [3.05, 3.63) is 52.0 Å². The first kappa shape index (κ1) is 13.4. The highest BCUT2D eigenvalue weighted by molar-refractivity contribution is 9.10. The normalized spacial score (nSPS) is 10.2. The Bertz CT molecular complexity index is 620. The predicted octanol–water partition coefficient (Wildman–Crippen LogP) is 3.18. The highest BCUT2D eigenvalue weighted by Crippen LogP contribution is 2.27. The second-order valence-corrected chi connectivity index (χ2v) is 5.22. The van der Waals surface area contributed by atoms with Crippen molar-refractivity contribution in [1.29, 1.82) is 0 Å². The molecule has 0 aliphatic heterocycles. The maximum Gasteiger partial charge on any atom is 0.248 e. The molecule has 0 heterocycles. The quantitative estimate of drug-likeness (QED) is 0.760. The van der Waals surface area contributed by atoms with E-state index in [4.69, 9.17) is 11.5 Å². The molecular formula is C14H14BrN3O. The van der Waals surface area contributed by atoms with Crippen molar-refractivity contribution in [1.82, 2.24) is 0 Å². The monoisotopic (exact) mass is 319 g/mol. The van der Waals surface area contributed by atoms with Gasteiger partial charge < -0.3 is 16.8 Å². The molecule has 0 atom stereocenters. The van der Waals surface area contributed by atoms with Crippen LogP contribution >= 0.6 is 15.9 Å². The van der Waals surface area contributed by atoms with E-state index in [0.29, 0.717) is 16.9 Å². The summed E-state index contributed by atoms with van der Waals surface area (Å²) in [6.45, 7) is 2.00. The zero-order chi connectivity index (χ0) is 14.0. The van der Waals surface area contributed by atoms with E-state index < -0.39 is 5.91 Å². The molecule has 0 spiro atoms. The van der Waals surface area contributed by atoms with E-state index in [2.05, 4.69) is 21.2 Å². The zero-order valence-electron chi connectivity index (χ0n) is 10.4. The lowest BCUT2D eigenvalue weighted by Crippen LogP contribution is -2.11. The van der Waals surface area contributed by atoms with E-state index in [0.717, 1.165) is 15.7 Å². The number of carbonyl (C=O) groups excluding carboxylic acids is 1. The predicted molar refractivity (Wildman–Crippen MR) is 81.5 cm³/mol. The fourth-order valence-electron chi connectivity index (χ4n) is 1.78. The Kier molecular flexibility index (Phi) is 3.76. The van der Waals surface area contributed by atoms with E-state index in [-0.39, 0.29) is 0 Å². The van der Waals surface area contributed by atoms with Crippen molar-refractivity contribution < 1.29 is 4.79 Å². The molecule has 5 N–H and O–H groups in total. The number of primary amides is 1. The van der Waals surface area contributed by atoms with Gasteiger partial charge >= 0.3 is 0 Å². The molecule has 2 rings (SSSR count). The number of hydrogen-bond acceptors (Lipinski definition) is 3. The summed E-state index contributed by atoms with van der Waals surface area (Å²) in [5.41, 5.74) is 14.8. The van der Waals surface area contributed by atoms with Crippen LogP contribution in [0.4, 0.5) is 17.1 Å². The third kappa shape index (κ3) is 3.26. The van der Waals surface area contributed by atoms with Gasteiger partial charge in [0.15, 0.2) is 0 Å². The SMILES string of the molecule is Cc1cc(Br)cc(Nc2cc(C(N)=O)ccc2N)c1. The molecule has 0 saturated heterocycles. The summed E-state index contributed by atoms with van der Waals surface area (Å²) in [6.07, 6.45) is 0. The summed E-state index contributed by atoms with van der Waals surface area (Å²) in [5, 5.41) is 3.19. The van der Waals surface area contributed by atoms with Crippen LogP contribution in [-0.2, 0) is 0 Å². The molecule has 5 heteroatoms. The largest absolute Gasteiger partial charge is 0.397 e. The number of nitrogen functional groups attached to an aromatic ring is 1. The fraction of sp³-hybridized carbons (Fsp3) is 0.0714. The van der Waals surface area contributed by atoms with Crippen molar-refractivity contribution in [2.75, 3.05) is 11.1 Å². The Hall–Kier alpha value is -2.01. The molecule has 98 valence electrons. The maximum atomic E-state index is 11.2. The molecule has 0 bridgehead atoms. The average molecular weight is 320 g/mol. The van der Waals surface area contributed by atoms with Gasteiger partial charge in [0.1, 0.15) is 0 Å². The highest BCUT2D eigenvalue weighted by Gasteiger charge is 2.06. The van der Waals surface area contributed by atoms with E-state index in [1.54, 1.807) is 18.2 Å². The van der Waals surface area contributed by atoms with Crippen LogP contribution in [0.5, 0.6) is 0 Å². The molecule has 0 fully saturated rings. The van der Waals surface area contributed by atoms with Gasteiger partial charge in [-0.1, -0.05) is 15.9 Å². The van der Waals surface area contributed by atoms with Crippen molar-refractivity contribution >= 4 is 38.9 Å². The first-order chi connectivity index (χ1) is 8.95. The number of amides is 1. The van der Waals surface area contributed by atoms with Gasteiger partial charge in [0.2, 0.25) is 5.91 Å². The number of hydrogen-bond donors (Lipinski definition) is 3. The Morgan fingerprint density at radius 3 is 2.58 bits per heavy atom. The summed E-state index contributed by atoms with van der Waals surface area (Å²) >= 11 is 3.44. The van der Waals surface area contributed by atoms with E-state index >= 15 is 0 Å². The molecule has 0 aliphatic rings. The third-order valence-electron chi connectivity index (χ3n) is 2.66. The molecule has 0 radical (unpaired) electrons. The number of rotatable bonds is 3. The van der Waals surface area contributed by atoms with Crippen LogP contribution in [0, 0.1) is 6.92 Å². The summed E-state index contributed by atoms with van der Waals surface area (Å²) < 4.78 is 0.972. The number of anilines is 3. The molecule has 0 aromatic heterocycles. The Labute approximate surface area is 119 Å². The van der Waals surface area contributed by atoms with Crippen LogP contribution in [0.2, 0.25) is 0 Å². The Balaban J connectivity index is 2.37. The number of nitrogens with one attached hydrogen (secondary N) is 1. The fourth-order valence-corrected chi connectivity index (χ4v) is 2.39. The summed E-state index contributed by atoms with van der Waals surface area (Å²) in [6, 6.07) is 10.8. The smallest absolute Gasteiger partial charge is 0.248 e. The molecule has 0 unspecified atom stereocenters. The lowest BCUT2D eigenvalue weighted by molar-refractivity contribution is 0.100. The van der Waals surface area contributed by atoms with Crippen LogP contribution in [-0.4, -0.2) is 5.91 Å². The molecule has 1 amide bonds. The summed E-state index contributed by atoms with van der Waals surface area (Å²) in [5.74, 6) is -0.478. The molecule has 0 aliphatic carbocycles. The van der Waals surface area contributed by atoms with Gasteiger partial charge in [-0.2, -0.15) is 0 Å². The molecule has 0 saturated carbocycles. The minimum Gasteiger partial charge on any atom is -0.397 e. The van der Waals surface area contributed by atoms with Gasteiger partial charge in [0.25, 0.3) is 0 Å². The van der Waals surface area contributed by atoms with Gasteiger partial charge in [-0.05, 0) is 48.9 Å². The van der Waals surface area contributed by atoms with Crippen molar-refractivity contribution in [3.63, 3.8) is 0 Å². The maximum absolute atomic E-state index is 11.2. The van der Waals surface area contributed by atoms with Crippen LogP contribution < -0.4 is 16.8 Å². The second kappa shape index (κ2) is 5.32.